The summed E-state index contributed by atoms with van der Waals surface area (Å²) in [5.74, 6) is 0. The Morgan fingerprint density at radius 1 is 1.50 bits per heavy atom. The van der Waals surface area contributed by atoms with Gasteiger partial charge in [-0.2, -0.15) is 0 Å². The van der Waals surface area contributed by atoms with E-state index in [1.165, 1.54) is 6.42 Å². The van der Waals surface area contributed by atoms with E-state index in [9.17, 15) is 5.11 Å². The van der Waals surface area contributed by atoms with Gasteiger partial charge in [-0.25, -0.2) is 4.98 Å². The van der Waals surface area contributed by atoms with Gasteiger partial charge in [0.15, 0.2) is 0 Å². The molecule has 0 amide bonds. The Balaban J connectivity index is 2.39. The highest BCUT2D eigenvalue weighted by molar-refractivity contribution is 6.29. The normalized spacial score (nSPS) is 19.1. The minimum Gasteiger partial charge on any atom is -0.395 e. The fourth-order valence-electron chi connectivity index (χ4n) is 2.08. The van der Waals surface area contributed by atoms with Crippen molar-refractivity contribution in [1.82, 2.24) is 4.98 Å². The molecule has 2 nitrogen and oxygen atoms in total. The molecule has 0 atom stereocenters. The third-order valence-electron chi connectivity index (χ3n) is 3.15. The van der Waals surface area contributed by atoms with Gasteiger partial charge in [-0.3, -0.25) is 0 Å². The van der Waals surface area contributed by atoms with Crippen LogP contribution in [0.3, 0.4) is 0 Å². The zero-order valence-electron chi connectivity index (χ0n) is 8.26. The quantitative estimate of drug-likeness (QED) is 0.763. The molecule has 1 aromatic heterocycles. The van der Waals surface area contributed by atoms with Crippen LogP contribution in [-0.4, -0.2) is 16.7 Å². The van der Waals surface area contributed by atoms with Crippen molar-refractivity contribution in [3.05, 3.63) is 28.5 Å². The van der Waals surface area contributed by atoms with Gasteiger partial charge in [-0.15, -0.1) is 0 Å². The SMILES string of the molecule is Cc1cc(C2(CO)CCC2)cc(Cl)n1. The molecule has 0 spiro atoms. The Morgan fingerprint density at radius 2 is 2.21 bits per heavy atom. The van der Waals surface area contributed by atoms with Crippen molar-refractivity contribution in [1.29, 1.82) is 0 Å². The predicted octanol–water partition coefficient (Wildman–Crippen LogP) is 2.46. The Kier molecular flexibility index (Phi) is 2.50. The zero-order valence-corrected chi connectivity index (χ0v) is 9.01. The van der Waals surface area contributed by atoms with Crippen molar-refractivity contribution in [2.45, 2.75) is 31.6 Å². The number of pyridine rings is 1. The molecule has 2 rings (SSSR count). The lowest BCUT2D eigenvalue weighted by atomic mass is 9.65. The van der Waals surface area contributed by atoms with Crippen LogP contribution in [0.25, 0.3) is 0 Å². The molecule has 0 unspecified atom stereocenters. The second kappa shape index (κ2) is 3.52. The minimum absolute atomic E-state index is 0.0304. The van der Waals surface area contributed by atoms with Crippen LogP contribution in [0.1, 0.15) is 30.5 Å². The maximum Gasteiger partial charge on any atom is 0.129 e. The molecule has 1 heterocycles. The summed E-state index contributed by atoms with van der Waals surface area (Å²) in [6, 6.07) is 3.91. The van der Waals surface area contributed by atoms with Crippen LogP contribution in [-0.2, 0) is 5.41 Å². The summed E-state index contributed by atoms with van der Waals surface area (Å²) in [6.07, 6.45) is 3.31. The molecule has 0 radical (unpaired) electrons. The average Bonchev–Trinajstić information content (AvgIpc) is 2.01. The molecular formula is C11H14ClNO. The van der Waals surface area contributed by atoms with Gasteiger partial charge in [-0.1, -0.05) is 18.0 Å². The molecule has 1 saturated carbocycles. The van der Waals surface area contributed by atoms with Gasteiger partial charge in [0.1, 0.15) is 5.15 Å². The standard InChI is InChI=1S/C11H14ClNO/c1-8-5-9(6-10(12)13-8)11(7-14)3-2-4-11/h5-6,14H,2-4,7H2,1H3. The first-order chi connectivity index (χ1) is 6.66. The Labute approximate surface area is 88.9 Å². The molecule has 0 aromatic carbocycles. The average molecular weight is 212 g/mol. The maximum absolute atomic E-state index is 9.41. The number of aliphatic hydroxyl groups is 1. The van der Waals surface area contributed by atoms with Crippen LogP contribution < -0.4 is 0 Å². The number of nitrogens with zero attached hydrogens (tertiary/aromatic N) is 1. The second-order valence-electron chi connectivity index (χ2n) is 4.11. The van der Waals surface area contributed by atoms with E-state index in [4.69, 9.17) is 11.6 Å². The summed E-state index contributed by atoms with van der Waals surface area (Å²) in [5, 5.41) is 9.94. The van der Waals surface area contributed by atoms with E-state index in [0.29, 0.717) is 5.15 Å². The first-order valence-corrected chi connectivity index (χ1v) is 5.30. The number of hydrogen-bond donors (Lipinski definition) is 1. The second-order valence-corrected chi connectivity index (χ2v) is 4.50. The number of rotatable bonds is 2. The lowest BCUT2D eigenvalue weighted by Crippen LogP contribution is -2.38. The molecular weight excluding hydrogens is 198 g/mol. The van der Waals surface area contributed by atoms with E-state index in [2.05, 4.69) is 4.98 Å². The van der Waals surface area contributed by atoms with Crippen LogP contribution in [0.5, 0.6) is 0 Å². The number of halogens is 1. The monoisotopic (exact) mass is 211 g/mol. The highest BCUT2D eigenvalue weighted by Crippen LogP contribution is 2.43. The predicted molar refractivity (Wildman–Crippen MR) is 56.6 cm³/mol. The number of hydrogen-bond acceptors (Lipinski definition) is 2. The summed E-state index contributed by atoms with van der Waals surface area (Å²) >= 11 is 5.90. The third kappa shape index (κ3) is 1.53. The van der Waals surface area contributed by atoms with Crippen molar-refractivity contribution in [3.63, 3.8) is 0 Å². The topological polar surface area (TPSA) is 33.1 Å². The molecule has 14 heavy (non-hydrogen) atoms. The molecule has 0 saturated heterocycles. The molecule has 0 bridgehead atoms. The van der Waals surface area contributed by atoms with Gasteiger partial charge in [0.2, 0.25) is 0 Å². The van der Waals surface area contributed by atoms with Gasteiger partial charge in [0, 0.05) is 11.1 Å². The fraction of sp³-hybridized carbons (Fsp3) is 0.545. The van der Waals surface area contributed by atoms with Crippen molar-refractivity contribution >= 4 is 11.6 Å². The number of aryl methyl sites for hydroxylation is 1. The first-order valence-electron chi connectivity index (χ1n) is 4.92. The van der Waals surface area contributed by atoms with Gasteiger partial charge >= 0.3 is 0 Å². The number of aromatic nitrogens is 1. The summed E-state index contributed by atoms with van der Waals surface area (Å²) in [4.78, 5) is 4.12. The van der Waals surface area contributed by atoms with E-state index in [0.717, 1.165) is 24.1 Å². The molecule has 1 aliphatic carbocycles. The lowest BCUT2D eigenvalue weighted by Gasteiger charge is -2.41. The van der Waals surface area contributed by atoms with Gasteiger partial charge in [0.25, 0.3) is 0 Å². The van der Waals surface area contributed by atoms with Gasteiger partial charge in [-0.05, 0) is 37.5 Å². The smallest absolute Gasteiger partial charge is 0.129 e. The van der Waals surface area contributed by atoms with E-state index in [1.54, 1.807) is 0 Å². The van der Waals surface area contributed by atoms with E-state index in [-0.39, 0.29) is 12.0 Å². The van der Waals surface area contributed by atoms with E-state index >= 15 is 0 Å². The maximum atomic E-state index is 9.41. The van der Waals surface area contributed by atoms with Crippen molar-refractivity contribution in [2.24, 2.45) is 0 Å². The Bertz CT molecular complexity index is 321. The third-order valence-corrected chi connectivity index (χ3v) is 3.34. The molecule has 1 N–H and O–H groups in total. The minimum atomic E-state index is -0.0304. The molecule has 3 heteroatoms. The summed E-state index contributed by atoms with van der Waals surface area (Å²) < 4.78 is 0. The first kappa shape index (κ1) is 9.94. The molecule has 76 valence electrons. The summed E-state index contributed by atoms with van der Waals surface area (Å²) in [6.45, 7) is 2.14. The summed E-state index contributed by atoms with van der Waals surface area (Å²) in [5.41, 5.74) is 2.04. The van der Waals surface area contributed by atoms with Crippen molar-refractivity contribution in [3.8, 4) is 0 Å². The van der Waals surface area contributed by atoms with Crippen molar-refractivity contribution in [2.75, 3.05) is 6.61 Å². The van der Waals surface area contributed by atoms with Crippen LogP contribution in [0, 0.1) is 6.92 Å². The van der Waals surface area contributed by atoms with Crippen LogP contribution >= 0.6 is 11.6 Å². The largest absolute Gasteiger partial charge is 0.395 e. The number of aliphatic hydroxyl groups excluding tert-OH is 1. The lowest BCUT2D eigenvalue weighted by molar-refractivity contribution is 0.120. The Morgan fingerprint density at radius 3 is 2.64 bits per heavy atom. The molecule has 1 fully saturated rings. The zero-order chi connectivity index (χ0) is 10.2. The van der Waals surface area contributed by atoms with Gasteiger partial charge < -0.3 is 5.11 Å². The van der Waals surface area contributed by atoms with Crippen molar-refractivity contribution < 1.29 is 5.11 Å². The van der Waals surface area contributed by atoms with Crippen LogP contribution in [0.4, 0.5) is 0 Å². The van der Waals surface area contributed by atoms with E-state index < -0.39 is 0 Å². The van der Waals surface area contributed by atoms with Crippen LogP contribution in [0.2, 0.25) is 5.15 Å². The highest BCUT2D eigenvalue weighted by Gasteiger charge is 2.38. The highest BCUT2D eigenvalue weighted by atomic mass is 35.5. The van der Waals surface area contributed by atoms with E-state index in [1.807, 2.05) is 19.1 Å². The molecule has 1 aliphatic rings. The molecule has 0 aliphatic heterocycles. The van der Waals surface area contributed by atoms with Crippen LogP contribution in [0.15, 0.2) is 12.1 Å². The Hall–Kier alpha value is -0.600. The van der Waals surface area contributed by atoms with Gasteiger partial charge in [0.05, 0.1) is 6.61 Å². The molecule has 1 aromatic rings. The summed E-state index contributed by atoms with van der Waals surface area (Å²) in [7, 11) is 0. The fourth-order valence-corrected chi connectivity index (χ4v) is 2.33.